The van der Waals surface area contributed by atoms with E-state index >= 15 is 0 Å². The molecule has 0 bridgehead atoms. The number of hydrogen-bond acceptors (Lipinski definition) is 3. The van der Waals surface area contributed by atoms with E-state index in [0.717, 1.165) is 21.8 Å². The van der Waals surface area contributed by atoms with Gasteiger partial charge in [0.25, 0.3) is 0 Å². The number of aromatic amines is 1. The van der Waals surface area contributed by atoms with Crippen LogP contribution in [0.15, 0.2) is 53.7 Å². The molecule has 0 aliphatic rings. The summed E-state index contributed by atoms with van der Waals surface area (Å²) in [5.41, 5.74) is 2.87. The molecule has 0 aliphatic heterocycles. The van der Waals surface area contributed by atoms with E-state index in [1.165, 1.54) is 11.8 Å². The lowest BCUT2D eigenvalue weighted by atomic mass is 10.2. The van der Waals surface area contributed by atoms with Crippen LogP contribution in [0.4, 0.5) is 0 Å². The first kappa shape index (κ1) is 17.8. The van der Waals surface area contributed by atoms with Crippen LogP contribution < -0.4 is 0 Å². The number of rotatable bonds is 6. The number of fused-ring (bicyclic) bond motifs is 1. The van der Waals surface area contributed by atoms with E-state index in [4.69, 9.17) is 11.6 Å². The average molecular weight is 374 g/mol. The summed E-state index contributed by atoms with van der Waals surface area (Å²) >= 11 is 7.41. The van der Waals surface area contributed by atoms with Gasteiger partial charge in [0.05, 0.1) is 16.8 Å². The predicted molar refractivity (Wildman–Crippen MR) is 104 cm³/mol. The van der Waals surface area contributed by atoms with Gasteiger partial charge >= 0.3 is 0 Å². The Labute approximate surface area is 156 Å². The van der Waals surface area contributed by atoms with Gasteiger partial charge in [0.15, 0.2) is 5.16 Å². The number of thioether (sulfide) groups is 1. The molecule has 1 heterocycles. The molecule has 3 aromatic rings. The summed E-state index contributed by atoms with van der Waals surface area (Å²) in [6.45, 7) is 4.69. The molecule has 6 heteroatoms. The Balaban J connectivity index is 1.66. The second kappa shape index (κ2) is 7.93. The van der Waals surface area contributed by atoms with Crippen LogP contribution in [-0.4, -0.2) is 32.6 Å². The molecule has 25 heavy (non-hydrogen) atoms. The molecule has 2 aromatic carbocycles. The highest BCUT2D eigenvalue weighted by Gasteiger charge is 2.18. The van der Waals surface area contributed by atoms with Gasteiger partial charge in [-0.1, -0.05) is 53.7 Å². The van der Waals surface area contributed by atoms with Gasteiger partial charge in [-0.2, -0.15) is 0 Å². The quantitative estimate of drug-likeness (QED) is 0.634. The van der Waals surface area contributed by atoms with Gasteiger partial charge in [-0.25, -0.2) is 4.98 Å². The smallest absolute Gasteiger partial charge is 0.233 e. The topological polar surface area (TPSA) is 49.0 Å². The third-order valence-electron chi connectivity index (χ3n) is 3.89. The average Bonchev–Trinajstić information content (AvgIpc) is 3.00. The molecule has 4 nitrogen and oxygen atoms in total. The Hall–Kier alpha value is -1.98. The molecule has 0 unspecified atom stereocenters. The van der Waals surface area contributed by atoms with Crippen LogP contribution in [0, 0.1) is 0 Å². The molecule has 0 saturated carbocycles. The molecule has 1 amide bonds. The van der Waals surface area contributed by atoms with Gasteiger partial charge in [-0.15, -0.1) is 0 Å². The Morgan fingerprint density at radius 1 is 1.24 bits per heavy atom. The van der Waals surface area contributed by atoms with Crippen molar-refractivity contribution >= 4 is 40.3 Å². The summed E-state index contributed by atoms with van der Waals surface area (Å²) in [5.74, 6) is 0.445. The number of benzene rings is 2. The van der Waals surface area contributed by atoms with Gasteiger partial charge < -0.3 is 9.88 Å². The summed E-state index contributed by atoms with van der Waals surface area (Å²) in [6.07, 6.45) is 0. The highest BCUT2D eigenvalue weighted by atomic mass is 35.5. The van der Waals surface area contributed by atoms with Crippen LogP contribution in [0.1, 0.15) is 19.4 Å². The predicted octanol–water partition coefficient (Wildman–Crippen LogP) is 4.75. The number of nitrogens with one attached hydrogen (secondary N) is 1. The van der Waals surface area contributed by atoms with Crippen molar-refractivity contribution in [1.82, 2.24) is 14.9 Å². The van der Waals surface area contributed by atoms with Crippen molar-refractivity contribution in [2.45, 2.75) is 31.6 Å². The zero-order valence-electron chi connectivity index (χ0n) is 14.2. The zero-order valence-corrected chi connectivity index (χ0v) is 15.8. The molecule has 0 spiro atoms. The lowest BCUT2D eigenvalue weighted by Gasteiger charge is -2.26. The minimum absolute atomic E-state index is 0.0994. The highest BCUT2D eigenvalue weighted by molar-refractivity contribution is 7.99. The van der Waals surface area contributed by atoms with Crippen molar-refractivity contribution in [2.75, 3.05) is 5.75 Å². The molecular weight excluding hydrogens is 354 g/mol. The fraction of sp³-hybridized carbons (Fsp3) is 0.263. The number of carbonyl (C=O) groups is 1. The minimum atomic E-state index is 0.0994. The van der Waals surface area contributed by atoms with Crippen LogP contribution >= 0.6 is 23.4 Å². The Morgan fingerprint density at radius 2 is 2.00 bits per heavy atom. The summed E-state index contributed by atoms with van der Waals surface area (Å²) in [6, 6.07) is 15.7. The number of nitrogens with zero attached hydrogens (tertiary/aromatic N) is 2. The lowest BCUT2D eigenvalue weighted by Crippen LogP contribution is -2.37. The zero-order chi connectivity index (χ0) is 17.8. The summed E-state index contributed by atoms with van der Waals surface area (Å²) < 4.78 is 0. The van der Waals surface area contributed by atoms with Crippen molar-refractivity contribution < 1.29 is 4.79 Å². The molecule has 0 aliphatic carbocycles. The van der Waals surface area contributed by atoms with Crippen molar-refractivity contribution in [3.63, 3.8) is 0 Å². The molecule has 3 rings (SSSR count). The third kappa shape index (κ3) is 4.55. The van der Waals surface area contributed by atoms with E-state index in [-0.39, 0.29) is 11.9 Å². The van der Waals surface area contributed by atoms with Crippen LogP contribution in [0.5, 0.6) is 0 Å². The Kier molecular flexibility index (Phi) is 5.66. The van der Waals surface area contributed by atoms with Crippen molar-refractivity contribution in [3.05, 3.63) is 59.1 Å². The maximum atomic E-state index is 12.7. The molecule has 0 atom stereocenters. The van der Waals surface area contributed by atoms with Crippen LogP contribution in [0.2, 0.25) is 5.02 Å². The first-order chi connectivity index (χ1) is 12.0. The van der Waals surface area contributed by atoms with Crippen LogP contribution in [-0.2, 0) is 11.3 Å². The SMILES string of the molecule is CC(C)N(Cc1ccccc1)C(=O)CSc1nc2ccc(Cl)cc2[nH]1. The Bertz CT molecular complexity index is 863. The number of carbonyl (C=O) groups excluding carboxylic acids is 1. The molecule has 0 fully saturated rings. The third-order valence-corrected chi connectivity index (χ3v) is 4.99. The molecule has 0 saturated heterocycles. The van der Waals surface area contributed by atoms with Crippen molar-refractivity contribution in [1.29, 1.82) is 0 Å². The number of imidazole rings is 1. The number of halogens is 1. The molecular formula is C19H20ClN3OS. The van der Waals surface area contributed by atoms with Crippen molar-refractivity contribution in [3.8, 4) is 0 Å². The largest absolute Gasteiger partial charge is 0.335 e. The molecule has 1 aromatic heterocycles. The number of aromatic nitrogens is 2. The molecule has 0 radical (unpaired) electrons. The van der Waals surface area contributed by atoms with Crippen LogP contribution in [0.3, 0.4) is 0 Å². The van der Waals surface area contributed by atoms with Crippen LogP contribution in [0.25, 0.3) is 11.0 Å². The summed E-state index contributed by atoms with van der Waals surface area (Å²) in [5, 5.41) is 1.40. The standard InChI is InChI=1S/C19H20ClN3OS/c1-13(2)23(11-14-6-4-3-5-7-14)18(24)12-25-19-21-16-9-8-15(20)10-17(16)22-19/h3-10,13H,11-12H2,1-2H3,(H,21,22). The van der Waals surface area contributed by atoms with Gasteiger partial charge in [0.2, 0.25) is 5.91 Å². The maximum absolute atomic E-state index is 12.7. The van der Waals surface area contributed by atoms with E-state index < -0.39 is 0 Å². The molecule has 130 valence electrons. The first-order valence-corrected chi connectivity index (χ1v) is 9.51. The van der Waals surface area contributed by atoms with E-state index in [1.54, 1.807) is 0 Å². The maximum Gasteiger partial charge on any atom is 0.233 e. The fourth-order valence-electron chi connectivity index (χ4n) is 2.58. The minimum Gasteiger partial charge on any atom is -0.335 e. The van der Waals surface area contributed by atoms with Crippen molar-refractivity contribution in [2.24, 2.45) is 0 Å². The van der Waals surface area contributed by atoms with Gasteiger partial charge in [-0.05, 0) is 37.6 Å². The normalized spacial score (nSPS) is 11.2. The van der Waals surface area contributed by atoms with Gasteiger partial charge in [0.1, 0.15) is 0 Å². The monoisotopic (exact) mass is 373 g/mol. The number of H-pyrrole nitrogens is 1. The number of amides is 1. The van der Waals surface area contributed by atoms with E-state index in [0.29, 0.717) is 17.3 Å². The summed E-state index contributed by atoms with van der Waals surface area (Å²) in [7, 11) is 0. The fourth-order valence-corrected chi connectivity index (χ4v) is 3.52. The van der Waals surface area contributed by atoms with E-state index in [1.807, 2.05) is 67.3 Å². The number of hydrogen-bond donors (Lipinski definition) is 1. The van der Waals surface area contributed by atoms with Gasteiger partial charge in [-0.3, -0.25) is 4.79 Å². The second-order valence-corrected chi connectivity index (χ2v) is 7.49. The second-order valence-electron chi connectivity index (χ2n) is 6.09. The van der Waals surface area contributed by atoms with E-state index in [2.05, 4.69) is 9.97 Å². The van der Waals surface area contributed by atoms with E-state index in [9.17, 15) is 4.79 Å². The lowest BCUT2D eigenvalue weighted by molar-refractivity contribution is -0.130. The Morgan fingerprint density at radius 3 is 2.72 bits per heavy atom. The molecule has 1 N–H and O–H groups in total. The summed E-state index contributed by atoms with van der Waals surface area (Å²) in [4.78, 5) is 22.3. The van der Waals surface area contributed by atoms with Gasteiger partial charge in [0, 0.05) is 17.6 Å². The first-order valence-electron chi connectivity index (χ1n) is 8.14. The highest BCUT2D eigenvalue weighted by Crippen LogP contribution is 2.23.